The van der Waals surface area contributed by atoms with Gasteiger partial charge in [0, 0.05) is 0 Å². The van der Waals surface area contributed by atoms with E-state index in [1.165, 1.54) is 9.40 Å². The van der Waals surface area contributed by atoms with Gasteiger partial charge < -0.3 is 0 Å². The molecule has 40 valence electrons. The molecule has 0 fully saturated rings. The summed E-state index contributed by atoms with van der Waals surface area (Å²) in [6.45, 7) is 0. The molecule has 2 heterocycles. The fraction of sp³-hybridized carbons (Fsp3) is 0. The Kier molecular flexibility index (Phi) is 2.37. The van der Waals surface area contributed by atoms with Gasteiger partial charge in [0.1, 0.15) is 0 Å². The second-order valence-electron chi connectivity index (χ2n) is 1.51. The Hall–Kier alpha value is 0.257. The smallest absolute Gasteiger partial charge is 0.295 e. The van der Waals surface area contributed by atoms with Crippen LogP contribution in [0.1, 0.15) is 0 Å². The van der Waals surface area contributed by atoms with Crippen molar-refractivity contribution in [2.24, 2.45) is 0 Å². The van der Waals surface area contributed by atoms with E-state index in [-0.39, 0.29) is 18.9 Å². The fourth-order valence-corrected chi connectivity index (χ4v) is 2.34. The Morgan fingerprint density at radius 3 is 3.00 bits per heavy atom. The summed E-state index contributed by atoms with van der Waals surface area (Å²) in [6, 6.07) is 4.16. The van der Waals surface area contributed by atoms with Gasteiger partial charge in [0.15, 0.2) is 0 Å². The van der Waals surface area contributed by atoms with Gasteiger partial charge >= 0.3 is 18.9 Å². The van der Waals surface area contributed by atoms with Crippen LogP contribution in [-0.2, 0) is 0 Å². The van der Waals surface area contributed by atoms with Crippen molar-refractivity contribution in [3.63, 3.8) is 0 Å². The van der Waals surface area contributed by atoms with Crippen molar-refractivity contribution in [1.82, 2.24) is 0 Å². The third-order valence-corrected chi connectivity index (χ3v) is 2.82. The van der Waals surface area contributed by atoms with Crippen LogP contribution in [0.15, 0.2) is 17.5 Å². The van der Waals surface area contributed by atoms with E-state index in [4.69, 9.17) is 0 Å². The van der Waals surface area contributed by atoms with Crippen LogP contribution in [0.4, 0.5) is 0 Å². The largest absolute Gasteiger partial charge is 1.00 e. The van der Waals surface area contributed by atoms with Crippen molar-refractivity contribution >= 4 is 32.1 Å². The average Bonchev–Trinajstić information content (AvgIpc) is 2.15. The van der Waals surface area contributed by atoms with Gasteiger partial charge in [0.25, 0.3) is 0 Å². The van der Waals surface area contributed by atoms with Gasteiger partial charge in [0.2, 0.25) is 0 Å². The first-order valence-corrected chi connectivity index (χ1v) is 3.99. The molecule has 2 rings (SSSR count). The molecule has 0 aromatic carbocycles. The first kappa shape index (κ1) is 7.37. The summed E-state index contributed by atoms with van der Waals surface area (Å²) >= 11 is 3.45. The Morgan fingerprint density at radius 1 is 1.33 bits per heavy atom. The molecule has 0 saturated carbocycles. The molecule has 2 aromatic rings. The molecular formula is C6H3LiS2. The van der Waals surface area contributed by atoms with E-state index >= 15 is 0 Å². The molecule has 0 amide bonds. The van der Waals surface area contributed by atoms with Crippen LogP contribution in [0.25, 0.3) is 9.40 Å². The molecule has 0 spiro atoms. The molecule has 3 heteroatoms. The number of thiophene rings is 2. The SMILES string of the molecule is [Li+].[c-]1cc2sccc2s1. The van der Waals surface area contributed by atoms with E-state index in [9.17, 15) is 0 Å². The third-order valence-electron chi connectivity index (χ3n) is 1.02. The minimum Gasteiger partial charge on any atom is -0.295 e. The fourth-order valence-electron chi connectivity index (χ4n) is 0.645. The summed E-state index contributed by atoms with van der Waals surface area (Å²) < 4.78 is 2.71. The van der Waals surface area contributed by atoms with E-state index < -0.39 is 0 Å². The number of rotatable bonds is 0. The number of hydrogen-bond donors (Lipinski definition) is 0. The Balaban J connectivity index is 0.000000405. The summed E-state index contributed by atoms with van der Waals surface area (Å²) in [4.78, 5) is 0. The van der Waals surface area contributed by atoms with Gasteiger partial charge in [-0.3, -0.25) is 11.3 Å². The summed E-state index contributed by atoms with van der Waals surface area (Å²) in [6.07, 6.45) is 0. The molecule has 2 aromatic heterocycles. The number of hydrogen-bond acceptors (Lipinski definition) is 2. The van der Waals surface area contributed by atoms with Crippen LogP contribution in [0.5, 0.6) is 0 Å². The second-order valence-corrected chi connectivity index (χ2v) is 3.34. The molecule has 0 unspecified atom stereocenters. The summed E-state index contributed by atoms with van der Waals surface area (Å²) in [5.41, 5.74) is 0. The summed E-state index contributed by atoms with van der Waals surface area (Å²) in [5.74, 6) is 0. The Bertz CT molecular complexity index is 232. The van der Waals surface area contributed by atoms with Gasteiger partial charge in [-0.1, -0.05) is 0 Å². The molecule has 0 aliphatic heterocycles. The predicted molar refractivity (Wildman–Crippen MR) is 38.5 cm³/mol. The van der Waals surface area contributed by atoms with E-state index in [1.54, 1.807) is 22.7 Å². The van der Waals surface area contributed by atoms with Crippen molar-refractivity contribution in [2.75, 3.05) is 0 Å². The van der Waals surface area contributed by atoms with Crippen LogP contribution >= 0.6 is 22.7 Å². The zero-order valence-corrected chi connectivity index (χ0v) is 6.68. The van der Waals surface area contributed by atoms with Crippen LogP contribution in [0, 0.1) is 5.38 Å². The molecule has 0 bridgehead atoms. The molecular weight excluding hydrogens is 143 g/mol. The maximum atomic E-state index is 3.07. The predicted octanol–water partition coefficient (Wildman–Crippen LogP) is -0.233. The van der Waals surface area contributed by atoms with Gasteiger partial charge in [0.05, 0.1) is 0 Å². The zero-order valence-electron chi connectivity index (χ0n) is 5.05. The normalized spacial score (nSPS) is 9.33. The Morgan fingerprint density at radius 2 is 2.22 bits per heavy atom. The van der Waals surface area contributed by atoms with Gasteiger partial charge in [-0.05, 0) is 5.38 Å². The van der Waals surface area contributed by atoms with E-state index in [0.29, 0.717) is 0 Å². The quantitative estimate of drug-likeness (QED) is 0.355. The molecule has 0 aliphatic carbocycles. The van der Waals surface area contributed by atoms with Gasteiger partial charge in [-0.25, -0.2) is 11.3 Å². The summed E-state index contributed by atoms with van der Waals surface area (Å²) in [7, 11) is 0. The maximum Gasteiger partial charge on any atom is 1.00 e. The van der Waals surface area contributed by atoms with Crippen LogP contribution in [0.2, 0.25) is 0 Å². The first-order chi connectivity index (χ1) is 3.97. The van der Waals surface area contributed by atoms with Crippen LogP contribution < -0.4 is 18.9 Å². The van der Waals surface area contributed by atoms with Gasteiger partial charge in [-0.15, -0.1) is 20.8 Å². The second kappa shape index (κ2) is 2.89. The van der Waals surface area contributed by atoms with Gasteiger partial charge in [-0.2, -0.15) is 6.07 Å². The van der Waals surface area contributed by atoms with E-state index in [0.717, 1.165) is 0 Å². The molecule has 0 aliphatic rings. The minimum absolute atomic E-state index is 0. The van der Waals surface area contributed by atoms with Crippen molar-refractivity contribution in [1.29, 1.82) is 0 Å². The van der Waals surface area contributed by atoms with Crippen molar-refractivity contribution in [3.05, 3.63) is 22.9 Å². The minimum atomic E-state index is 0. The summed E-state index contributed by atoms with van der Waals surface area (Å²) in [5, 5.41) is 5.18. The standard InChI is InChI=1S/C6H3S2.Li/c1-3-7-6-2-4-8-5(1)6;/h1-3H;/q-1;+1. The van der Waals surface area contributed by atoms with Crippen LogP contribution in [0.3, 0.4) is 0 Å². The molecule has 0 N–H and O–H groups in total. The number of fused-ring (bicyclic) bond motifs is 1. The topological polar surface area (TPSA) is 0 Å². The van der Waals surface area contributed by atoms with Crippen LogP contribution in [-0.4, -0.2) is 0 Å². The molecule has 0 nitrogen and oxygen atoms in total. The maximum absolute atomic E-state index is 3.07. The van der Waals surface area contributed by atoms with Crippen molar-refractivity contribution in [3.8, 4) is 0 Å². The zero-order chi connectivity index (χ0) is 5.40. The van der Waals surface area contributed by atoms with Crippen molar-refractivity contribution < 1.29 is 18.9 Å². The third kappa shape index (κ3) is 1.22. The molecule has 0 atom stereocenters. The van der Waals surface area contributed by atoms with E-state index in [2.05, 4.69) is 16.8 Å². The molecule has 0 radical (unpaired) electrons. The first-order valence-electron chi connectivity index (χ1n) is 2.30. The molecule has 0 saturated heterocycles. The monoisotopic (exact) mass is 146 g/mol. The Labute approximate surface area is 73.7 Å². The van der Waals surface area contributed by atoms with Crippen molar-refractivity contribution in [2.45, 2.75) is 0 Å². The van der Waals surface area contributed by atoms with E-state index in [1.807, 2.05) is 6.07 Å². The average molecular weight is 146 g/mol. The molecule has 9 heavy (non-hydrogen) atoms.